The van der Waals surface area contributed by atoms with Crippen molar-refractivity contribution in [1.82, 2.24) is 20.4 Å². The van der Waals surface area contributed by atoms with Crippen LogP contribution in [0.3, 0.4) is 0 Å². The number of hydrogen-bond donors (Lipinski definition) is 2. The Kier molecular flexibility index (Phi) is 26.4. The van der Waals surface area contributed by atoms with Gasteiger partial charge in [0.1, 0.15) is 35.8 Å². The summed E-state index contributed by atoms with van der Waals surface area (Å²) < 4.78 is 63.6. The van der Waals surface area contributed by atoms with Crippen LogP contribution in [0.2, 0.25) is 0 Å². The second-order valence-corrected chi connectivity index (χ2v) is 23.0. The number of nitrogens with one attached hydrogen (secondary N) is 2. The van der Waals surface area contributed by atoms with Crippen molar-refractivity contribution >= 4 is 35.6 Å². The summed E-state index contributed by atoms with van der Waals surface area (Å²) in [5.41, 5.74) is 4.62. The topological polar surface area (TPSA) is 234 Å². The summed E-state index contributed by atoms with van der Waals surface area (Å²) in [6.45, 7) is 2.22. The summed E-state index contributed by atoms with van der Waals surface area (Å²) in [6.07, 6.45) is 4.67. The van der Waals surface area contributed by atoms with Crippen molar-refractivity contribution in [3.63, 3.8) is 0 Å². The van der Waals surface area contributed by atoms with E-state index in [2.05, 4.69) is 10.6 Å². The first kappa shape index (κ1) is 70.2. The summed E-state index contributed by atoms with van der Waals surface area (Å²) >= 11 is 0. The molecule has 0 radical (unpaired) electrons. The van der Waals surface area contributed by atoms with Gasteiger partial charge in [-0.1, -0.05) is 73.7 Å². The number of carbonyl (C=O) groups is 6. The molecule has 0 aromatic heterocycles. The van der Waals surface area contributed by atoms with Gasteiger partial charge in [-0.3, -0.25) is 19.2 Å². The predicted molar refractivity (Wildman–Crippen MR) is 351 cm³/mol. The van der Waals surface area contributed by atoms with E-state index in [4.69, 9.17) is 52.1 Å². The highest BCUT2D eigenvalue weighted by atomic mass is 16.6. The standard InChI is InChI=1S/C73H88N4O17/c1-9-56(53-44-65(88-6)70(90-8)66(45-53)89-7)71(81)77-38-16-14-26-58(77)73(83)94-60(32-28-50-30-34-62(85-3)64(40-50)87-5)52-22-18-24-55(43-52)92-47-68(79)75-36-35-74-67(78)46-91-54-23-17-21-51(42-54)59(31-27-49-29-33-61(84-2)63(39-49)86-4)93-72(82)57-25-13-15-37-76(57)69(80)41-48-19-11-10-12-20-48/h10-12,17-24,29-30,33-34,39-40,42-45,56-60H,9,13-16,25-28,31-32,35-38,41,46-47H2,1-8H3,(H,74,78)(H,75,79)/t56-,57-,58-,59+,60+/m0/s1. The summed E-state index contributed by atoms with van der Waals surface area (Å²) in [7, 11) is 10.8. The van der Waals surface area contributed by atoms with Crippen molar-refractivity contribution in [2.75, 3.05) is 89.2 Å². The molecule has 0 aliphatic carbocycles. The van der Waals surface area contributed by atoms with E-state index >= 15 is 0 Å². The minimum Gasteiger partial charge on any atom is -0.493 e. The molecule has 21 heteroatoms. The molecule has 6 aromatic carbocycles. The van der Waals surface area contributed by atoms with Crippen LogP contribution in [0.25, 0.3) is 0 Å². The van der Waals surface area contributed by atoms with Gasteiger partial charge in [-0.25, -0.2) is 9.59 Å². The fraction of sp³-hybridized carbons (Fsp3) is 0.425. The Morgan fingerprint density at radius 3 is 1.39 bits per heavy atom. The second-order valence-electron chi connectivity index (χ2n) is 23.0. The summed E-state index contributed by atoms with van der Waals surface area (Å²) in [5, 5.41) is 5.54. The smallest absolute Gasteiger partial charge is 0.329 e. The van der Waals surface area contributed by atoms with Gasteiger partial charge >= 0.3 is 11.9 Å². The van der Waals surface area contributed by atoms with Crippen LogP contribution in [0.1, 0.15) is 116 Å². The SMILES string of the molecule is CC[C@H](C(=O)N1CCCC[C@H]1C(=O)O[C@H](CCc1ccc(OC)c(OC)c1)c1cccc(OCC(=O)NCCNC(=O)COc2cccc([C@@H](CCc3ccc(OC)c(OC)c3)OC(=O)[C@@H]3CCCCN3C(=O)Cc3ccccc3)c2)c1)c1cc(OC)c(OC)c(OC)c1. The minimum absolute atomic E-state index is 0.0865. The van der Waals surface area contributed by atoms with E-state index in [1.165, 1.54) is 21.3 Å². The monoisotopic (exact) mass is 1290 g/mol. The first-order chi connectivity index (χ1) is 45.7. The molecular formula is C73H88N4O17. The van der Waals surface area contributed by atoms with Crippen LogP contribution >= 0.6 is 0 Å². The van der Waals surface area contributed by atoms with Crippen LogP contribution in [0.15, 0.2) is 127 Å². The quantitative estimate of drug-likeness (QED) is 0.0288. The van der Waals surface area contributed by atoms with Crippen LogP contribution in [0, 0.1) is 0 Å². The van der Waals surface area contributed by atoms with Crippen LogP contribution in [-0.2, 0) is 57.5 Å². The van der Waals surface area contributed by atoms with E-state index in [-0.39, 0.29) is 44.5 Å². The number of nitrogens with zero attached hydrogens (tertiary/aromatic N) is 2. The molecule has 94 heavy (non-hydrogen) atoms. The molecule has 2 saturated heterocycles. The van der Waals surface area contributed by atoms with E-state index in [1.54, 1.807) is 86.8 Å². The third kappa shape index (κ3) is 19.0. The number of amides is 4. The van der Waals surface area contributed by atoms with E-state index in [9.17, 15) is 28.8 Å². The maximum absolute atomic E-state index is 14.6. The third-order valence-corrected chi connectivity index (χ3v) is 16.9. The lowest BCUT2D eigenvalue weighted by Gasteiger charge is -2.37. The minimum atomic E-state index is -0.852. The molecule has 502 valence electrons. The number of benzene rings is 6. The van der Waals surface area contributed by atoms with Crippen molar-refractivity contribution in [2.24, 2.45) is 0 Å². The maximum atomic E-state index is 14.6. The highest BCUT2D eigenvalue weighted by Crippen LogP contribution is 2.42. The molecule has 0 saturated carbocycles. The number of methoxy groups -OCH3 is 7. The number of carbonyl (C=O) groups excluding carboxylic acids is 6. The van der Waals surface area contributed by atoms with Crippen LogP contribution < -0.4 is 53.3 Å². The number of rotatable bonds is 33. The highest BCUT2D eigenvalue weighted by Gasteiger charge is 2.39. The van der Waals surface area contributed by atoms with Gasteiger partial charge in [0.25, 0.3) is 11.8 Å². The number of piperidine rings is 2. The second kappa shape index (κ2) is 35.4. The molecule has 0 bridgehead atoms. The molecule has 2 fully saturated rings. The predicted octanol–water partition coefficient (Wildman–Crippen LogP) is 10.1. The van der Waals surface area contributed by atoms with Crippen LogP contribution in [-0.4, -0.2) is 147 Å². The number of hydrogen-bond acceptors (Lipinski definition) is 17. The van der Waals surface area contributed by atoms with Gasteiger partial charge in [-0.2, -0.15) is 0 Å². The Labute approximate surface area is 550 Å². The van der Waals surface area contributed by atoms with Crippen molar-refractivity contribution in [3.05, 3.63) is 161 Å². The van der Waals surface area contributed by atoms with E-state index in [1.807, 2.05) is 85.8 Å². The molecule has 4 amide bonds. The molecular weight excluding hydrogens is 1200 g/mol. The molecule has 6 aromatic rings. The largest absolute Gasteiger partial charge is 0.493 e. The zero-order valence-electron chi connectivity index (χ0n) is 55.1. The van der Waals surface area contributed by atoms with Gasteiger partial charge in [0.05, 0.1) is 62.1 Å². The Morgan fingerprint density at radius 1 is 0.468 bits per heavy atom. The average Bonchev–Trinajstić information content (AvgIpc) is 0.950. The fourth-order valence-electron chi connectivity index (χ4n) is 11.9. The normalized spacial score (nSPS) is 15.4. The lowest BCUT2D eigenvalue weighted by Crippen LogP contribution is -2.50. The lowest BCUT2D eigenvalue weighted by molar-refractivity contribution is -0.162. The van der Waals surface area contributed by atoms with E-state index < -0.39 is 54.0 Å². The molecule has 2 N–H and O–H groups in total. The summed E-state index contributed by atoms with van der Waals surface area (Å²) in [6, 6.07) is 36.7. The Bertz CT molecular complexity index is 3480. The molecule has 2 aliphatic rings. The Hall–Kier alpha value is -9.66. The van der Waals surface area contributed by atoms with Gasteiger partial charge in [0, 0.05) is 26.2 Å². The lowest BCUT2D eigenvalue weighted by atomic mass is 9.91. The highest BCUT2D eigenvalue weighted by molar-refractivity contribution is 5.90. The summed E-state index contributed by atoms with van der Waals surface area (Å²) in [5.74, 6) is 1.35. The van der Waals surface area contributed by atoms with E-state index in [0.717, 1.165) is 42.4 Å². The van der Waals surface area contributed by atoms with Gasteiger partial charge in [0.15, 0.2) is 47.7 Å². The van der Waals surface area contributed by atoms with Crippen LogP contribution in [0.4, 0.5) is 0 Å². The third-order valence-electron chi connectivity index (χ3n) is 16.9. The van der Waals surface area contributed by atoms with E-state index in [0.29, 0.717) is 126 Å². The first-order valence-corrected chi connectivity index (χ1v) is 32.0. The molecule has 0 unspecified atom stereocenters. The number of ether oxygens (including phenoxy) is 11. The number of likely N-dealkylation sites (tertiary alicyclic amines) is 2. The first-order valence-electron chi connectivity index (χ1n) is 32.0. The van der Waals surface area contributed by atoms with Gasteiger partial charge in [-0.05, 0) is 165 Å². The van der Waals surface area contributed by atoms with Gasteiger partial charge < -0.3 is 72.5 Å². The van der Waals surface area contributed by atoms with Crippen molar-refractivity contribution < 1.29 is 80.9 Å². The maximum Gasteiger partial charge on any atom is 0.329 e. The average molecular weight is 1290 g/mol. The van der Waals surface area contributed by atoms with Crippen molar-refractivity contribution in [2.45, 2.75) is 114 Å². The molecule has 2 aliphatic heterocycles. The molecule has 8 rings (SSSR count). The zero-order chi connectivity index (χ0) is 66.9. The van der Waals surface area contributed by atoms with Crippen molar-refractivity contribution in [1.29, 1.82) is 0 Å². The number of aryl methyl sites for hydroxylation is 2. The van der Waals surface area contributed by atoms with Crippen molar-refractivity contribution in [3.8, 4) is 51.7 Å². The van der Waals surface area contributed by atoms with Crippen LogP contribution in [0.5, 0.6) is 51.7 Å². The Balaban J connectivity index is 0.866. The fourth-order valence-corrected chi connectivity index (χ4v) is 11.9. The molecule has 2 heterocycles. The molecule has 0 spiro atoms. The van der Waals surface area contributed by atoms with Gasteiger partial charge in [-0.15, -0.1) is 0 Å². The Morgan fingerprint density at radius 2 is 0.936 bits per heavy atom. The number of esters is 2. The summed E-state index contributed by atoms with van der Waals surface area (Å²) in [4.78, 5) is 86.7. The molecule has 21 nitrogen and oxygen atoms in total. The zero-order valence-corrected chi connectivity index (χ0v) is 55.1. The van der Waals surface area contributed by atoms with Gasteiger partial charge in [0.2, 0.25) is 17.6 Å². The molecule has 5 atom stereocenters.